The summed E-state index contributed by atoms with van der Waals surface area (Å²) in [5.41, 5.74) is 5.68. The number of anilines is 1. The van der Waals surface area contributed by atoms with Gasteiger partial charge in [-0.3, -0.25) is 9.59 Å². The van der Waals surface area contributed by atoms with Crippen LogP contribution in [0, 0.1) is 27.7 Å². The van der Waals surface area contributed by atoms with Crippen LogP contribution in [-0.2, 0) is 6.54 Å². The van der Waals surface area contributed by atoms with Crippen LogP contribution in [0.2, 0.25) is 0 Å². The summed E-state index contributed by atoms with van der Waals surface area (Å²) in [5.74, 6) is 1.84. The molecule has 0 bridgehead atoms. The van der Waals surface area contributed by atoms with Crippen LogP contribution in [-0.4, -0.2) is 41.6 Å². The van der Waals surface area contributed by atoms with Crippen molar-refractivity contribution in [1.82, 2.24) is 9.47 Å². The molecule has 1 aliphatic carbocycles. The first-order chi connectivity index (χ1) is 16.3. The molecule has 1 amide bonds. The Hall–Kier alpha value is -3.28. The second kappa shape index (κ2) is 8.82. The lowest BCUT2D eigenvalue weighted by atomic mass is 10.0. The molecule has 0 radical (unpaired) electrons. The Labute approximate surface area is 200 Å². The Morgan fingerprint density at radius 1 is 0.971 bits per heavy atom. The molecule has 1 saturated carbocycles. The zero-order valence-corrected chi connectivity index (χ0v) is 20.6. The van der Waals surface area contributed by atoms with E-state index in [0.29, 0.717) is 25.2 Å². The monoisotopic (exact) mass is 459 g/mol. The van der Waals surface area contributed by atoms with Gasteiger partial charge in [0, 0.05) is 55.2 Å². The highest BCUT2D eigenvalue weighted by Gasteiger charge is 2.35. The quantitative estimate of drug-likeness (QED) is 0.561. The summed E-state index contributed by atoms with van der Waals surface area (Å²) in [6.07, 6.45) is 2.03. The van der Waals surface area contributed by atoms with Gasteiger partial charge in [-0.15, -0.1) is 0 Å². The number of carbonyl (C=O) groups is 1. The number of hydrogen-bond donors (Lipinski definition) is 0. The molecule has 3 heterocycles. The number of piperazine rings is 1. The summed E-state index contributed by atoms with van der Waals surface area (Å²) >= 11 is 0. The average molecular weight is 460 g/mol. The summed E-state index contributed by atoms with van der Waals surface area (Å²) < 4.78 is 7.94. The van der Waals surface area contributed by atoms with Gasteiger partial charge in [-0.25, -0.2) is 0 Å². The standard InChI is InChI=1S/C28H33N3O3/c1-18-5-6-19(2)24(15-18)29-11-13-30(14-12-29)28(33)26-25(32)16-20(3)31(27(26)22-8-9-22)17-23-10-7-21(4)34-23/h5-7,10,15-16,22H,8-9,11-14,17H2,1-4H3. The van der Waals surface area contributed by atoms with Gasteiger partial charge in [0.2, 0.25) is 0 Å². The van der Waals surface area contributed by atoms with E-state index in [0.717, 1.165) is 48.8 Å². The second-order valence-electron chi connectivity index (χ2n) is 9.85. The van der Waals surface area contributed by atoms with Gasteiger partial charge in [-0.2, -0.15) is 0 Å². The topological polar surface area (TPSA) is 58.7 Å². The first-order valence-corrected chi connectivity index (χ1v) is 12.2. The minimum absolute atomic E-state index is 0.128. The number of rotatable bonds is 5. The number of aromatic nitrogens is 1. The van der Waals surface area contributed by atoms with Crippen LogP contribution in [0.1, 0.15) is 63.2 Å². The van der Waals surface area contributed by atoms with E-state index >= 15 is 0 Å². The molecule has 2 fully saturated rings. The zero-order valence-electron chi connectivity index (χ0n) is 20.6. The maximum Gasteiger partial charge on any atom is 0.259 e. The van der Waals surface area contributed by atoms with Crippen molar-refractivity contribution in [2.75, 3.05) is 31.1 Å². The summed E-state index contributed by atoms with van der Waals surface area (Å²) in [5, 5.41) is 0. The number of aryl methyl sites for hydroxylation is 4. The summed E-state index contributed by atoms with van der Waals surface area (Å²) in [6, 6.07) is 12.0. The summed E-state index contributed by atoms with van der Waals surface area (Å²) in [6.45, 7) is 11.4. The normalized spacial score (nSPS) is 16.2. The van der Waals surface area contributed by atoms with Crippen LogP contribution in [0.3, 0.4) is 0 Å². The molecule has 5 rings (SSSR count). The van der Waals surface area contributed by atoms with E-state index in [1.165, 1.54) is 16.8 Å². The fraction of sp³-hybridized carbons (Fsp3) is 0.429. The third-order valence-corrected chi connectivity index (χ3v) is 7.12. The van der Waals surface area contributed by atoms with Crippen LogP contribution in [0.15, 0.2) is 45.6 Å². The molecule has 2 aromatic heterocycles. The molecule has 2 aliphatic rings. The SMILES string of the molecule is Cc1ccc(C)c(N2CCN(C(=O)c3c(C4CC4)n(Cc4ccc(C)o4)c(C)cc3=O)CC2)c1. The minimum atomic E-state index is -0.159. The van der Waals surface area contributed by atoms with Gasteiger partial charge in [0.1, 0.15) is 17.1 Å². The van der Waals surface area contributed by atoms with E-state index < -0.39 is 0 Å². The highest BCUT2D eigenvalue weighted by Crippen LogP contribution is 2.42. The van der Waals surface area contributed by atoms with E-state index in [1.54, 1.807) is 6.07 Å². The molecule has 0 atom stereocenters. The lowest BCUT2D eigenvalue weighted by Crippen LogP contribution is -2.50. The van der Waals surface area contributed by atoms with Crippen molar-refractivity contribution in [1.29, 1.82) is 0 Å². The lowest BCUT2D eigenvalue weighted by molar-refractivity contribution is 0.0743. The Bertz CT molecular complexity index is 1290. The molecule has 3 aromatic rings. The molecule has 1 aliphatic heterocycles. The average Bonchev–Trinajstić information content (AvgIpc) is 3.57. The lowest BCUT2D eigenvalue weighted by Gasteiger charge is -2.37. The predicted octanol–water partition coefficient (Wildman–Crippen LogP) is 4.56. The molecule has 0 spiro atoms. The molecule has 34 heavy (non-hydrogen) atoms. The highest BCUT2D eigenvalue weighted by atomic mass is 16.3. The maximum atomic E-state index is 13.7. The number of hydrogen-bond acceptors (Lipinski definition) is 4. The fourth-order valence-electron chi connectivity index (χ4n) is 5.09. The van der Waals surface area contributed by atoms with E-state index in [2.05, 4.69) is 41.5 Å². The summed E-state index contributed by atoms with van der Waals surface area (Å²) in [4.78, 5) is 31.1. The van der Waals surface area contributed by atoms with Gasteiger partial charge in [-0.1, -0.05) is 12.1 Å². The van der Waals surface area contributed by atoms with Crippen molar-refractivity contribution in [3.8, 4) is 0 Å². The van der Waals surface area contributed by atoms with Gasteiger partial charge in [0.25, 0.3) is 5.91 Å². The minimum Gasteiger partial charge on any atom is -0.464 e. The van der Waals surface area contributed by atoms with Crippen molar-refractivity contribution < 1.29 is 9.21 Å². The third-order valence-electron chi connectivity index (χ3n) is 7.12. The first kappa shape index (κ1) is 22.5. The molecule has 1 saturated heterocycles. The molecule has 6 heteroatoms. The molecule has 1 aromatic carbocycles. The number of amides is 1. The maximum absolute atomic E-state index is 13.7. The molecule has 0 unspecified atom stereocenters. The predicted molar refractivity (Wildman–Crippen MR) is 134 cm³/mol. The number of benzene rings is 1. The smallest absolute Gasteiger partial charge is 0.259 e. The van der Waals surface area contributed by atoms with Crippen LogP contribution in [0.25, 0.3) is 0 Å². The Kier molecular flexibility index (Phi) is 5.84. The fourth-order valence-corrected chi connectivity index (χ4v) is 5.09. The number of furan rings is 1. The van der Waals surface area contributed by atoms with Crippen molar-refractivity contribution in [2.45, 2.75) is 53.0 Å². The molecule has 178 valence electrons. The van der Waals surface area contributed by atoms with Crippen molar-refractivity contribution in [3.63, 3.8) is 0 Å². The van der Waals surface area contributed by atoms with Crippen molar-refractivity contribution >= 4 is 11.6 Å². The molecule has 0 N–H and O–H groups in total. The van der Waals surface area contributed by atoms with Crippen molar-refractivity contribution in [2.24, 2.45) is 0 Å². The summed E-state index contributed by atoms with van der Waals surface area (Å²) in [7, 11) is 0. The van der Waals surface area contributed by atoms with E-state index in [9.17, 15) is 9.59 Å². The van der Waals surface area contributed by atoms with Crippen LogP contribution >= 0.6 is 0 Å². The van der Waals surface area contributed by atoms with Crippen molar-refractivity contribution in [3.05, 3.63) is 86.2 Å². The van der Waals surface area contributed by atoms with Crippen LogP contribution in [0.5, 0.6) is 0 Å². The highest BCUT2D eigenvalue weighted by molar-refractivity contribution is 5.95. The molecular formula is C28H33N3O3. The van der Waals surface area contributed by atoms with Gasteiger partial charge in [-0.05, 0) is 69.9 Å². The van der Waals surface area contributed by atoms with Crippen LogP contribution < -0.4 is 10.3 Å². The molecule has 6 nitrogen and oxygen atoms in total. The first-order valence-electron chi connectivity index (χ1n) is 12.2. The van der Waals surface area contributed by atoms with Crippen LogP contribution in [0.4, 0.5) is 5.69 Å². The second-order valence-corrected chi connectivity index (χ2v) is 9.85. The number of nitrogens with zero attached hydrogens (tertiary/aromatic N) is 3. The van der Waals surface area contributed by atoms with Gasteiger partial charge < -0.3 is 18.8 Å². The third kappa shape index (κ3) is 4.29. The Morgan fingerprint density at radius 3 is 2.35 bits per heavy atom. The Balaban J connectivity index is 1.42. The van der Waals surface area contributed by atoms with Gasteiger partial charge in [0.05, 0.1) is 6.54 Å². The van der Waals surface area contributed by atoms with E-state index in [1.807, 2.05) is 30.9 Å². The van der Waals surface area contributed by atoms with Gasteiger partial charge >= 0.3 is 0 Å². The van der Waals surface area contributed by atoms with Gasteiger partial charge in [0.15, 0.2) is 5.43 Å². The molecular weight excluding hydrogens is 426 g/mol. The zero-order chi connectivity index (χ0) is 24.0. The van der Waals surface area contributed by atoms with E-state index in [4.69, 9.17) is 4.42 Å². The van der Waals surface area contributed by atoms with E-state index in [-0.39, 0.29) is 17.3 Å². The number of pyridine rings is 1. The largest absolute Gasteiger partial charge is 0.464 e. The Morgan fingerprint density at radius 2 is 1.71 bits per heavy atom. The number of carbonyl (C=O) groups excluding carboxylic acids is 1.